The molecule has 0 fully saturated rings. The topological polar surface area (TPSA) is 49.8 Å². The Morgan fingerprint density at radius 3 is 2.38 bits per heavy atom. The molecule has 0 aliphatic rings. The molecule has 0 spiro atoms. The number of carbonyl (C=O) groups is 1. The van der Waals surface area contributed by atoms with E-state index in [2.05, 4.69) is 23.5 Å². The van der Waals surface area contributed by atoms with Gasteiger partial charge in [0.25, 0.3) is 0 Å². The van der Waals surface area contributed by atoms with Crippen molar-refractivity contribution in [3.63, 3.8) is 0 Å². The SMILES string of the molecule is CCC(CC)N(CCO)CCCC(=O)OC. The van der Waals surface area contributed by atoms with E-state index in [4.69, 9.17) is 5.11 Å². The molecule has 0 rings (SSSR count). The summed E-state index contributed by atoms with van der Waals surface area (Å²) in [4.78, 5) is 13.2. The number of aliphatic hydroxyl groups excluding tert-OH is 1. The van der Waals surface area contributed by atoms with Gasteiger partial charge in [0.05, 0.1) is 13.7 Å². The van der Waals surface area contributed by atoms with Crippen molar-refractivity contribution in [2.75, 3.05) is 26.8 Å². The van der Waals surface area contributed by atoms with Crippen molar-refractivity contribution in [3.8, 4) is 0 Å². The summed E-state index contributed by atoms with van der Waals surface area (Å²) >= 11 is 0. The van der Waals surface area contributed by atoms with Crippen molar-refractivity contribution < 1.29 is 14.6 Å². The molecule has 0 heterocycles. The number of hydrogen-bond donors (Lipinski definition) is 1. The quantitative estimate of drug-likeness (QED) is 0.610. The summed E-state index contributed by atoms with van der Waals surface area (Å²) in [7, 11) is 1.41. The van der Waals surface area contributed by atoms with E-state index in [1.54, 1.807) is 0 Å². The Balaban J connectivity index is 3.97. The Kier molecular flexibility index (Phi) is 9.24. The number of esters is 1. The normalized spacial score (nSPS) is 11.1. The highest BCUT2D eigenvalue weighted by Crippen LogP contribution is 2.09. The molecule has 0 bridgehead atoms. The molecule has 0 aliphatic heterocycles. The van der Waals surface area contributed by atoms with Crippen LogP contribution in [0.5, 0.6) is 0 Å². The van der Waals surface area contributed by atoms with Gasteiger partial charge in [-0.05, 0) is 25.8 Å². The summed E-state index contributed by atoms with van der Waals surface area (Å²) in [6.45, 7) is 6.02. The van der Waals surface area contributed by atoms with Crippen molar-refractivity contribution in [1.82, 2.24) is 4.90 Å². The lowest BCUT2D eigenvalue weighted by atomic mass is 10.1. The van der Waals surface area contributed by atoms with Gasteiger partial charge >= 0.3 is 5.97 Å². The Hall–Kier alpha value is -0.610. The predicted octanol–water partition coefficient (Wildman–Crippen LogP) is 1.42. The van der Waals surface area contributed by atoms with Gasteiger partial charge < -0.3 is 9.84 Å². The maximum atomic E-state index is 11.0. The van der Waals surface area contributed by atoms with Crippen LogP contribution >= 0.6 is 0 Å². The van der Waals surface area contributed by atoms with E-state index in [1.165, 1.54) is 7.11 Å². The third kappa shape index (κ3) is 6.08. The molecule has 0 aromatic heterocycles. The second-order valence-corrected chi connectivity index (χ2v) is 3.91. The van der Waals surface area contributed by atoms with Crippen LogP contribution in [0.4, 0.5) is 0 Å². The minimum Gasteiger partial charge on any atom is -0.469 e. The highest BCUT2D eigenvalue weighted by Gasteiger charge is 2.14. The van der Waals surface area contributed by atoms with Crippen LogP contribution in [0.15, 0.2) is 0 Å². The molecule has 16 heavy (non-hydrogen) atoms. The maximum absolute atomic E-state index is 11.0. The first kappa shape index (κ1) is 15.4. The molecule has 1 N–H and O–H groups in total. The van der Waals surface area contributed by atoms with E-state index >= 15 is 0 Å². The number of nitrogens with zero attached hydrogens (tertiary/aromatic N) is 1. The Labute approximate surface area is 98.6 Å². The summed E-state index contributed by atoms with van der Waals surface area (Å²) in [5.74, 6) is -0.159. The van der Waals surface area contributed by atoms with Crippen LogP contribution in [0.2, 0.25) is 0 Å². The van der Waals surface area contributed by atoms with Crippen molar-refractivity contribution in [2.24, 2.45) is 0 Å². The summed E-state index contributed by atoms with van der Waals surface area (Å²) in [6, 6.07) is 0.504. The standard InChI is InChI=1S/C12H25NO3/c1-4-11(5-2)13(9-10-14)8-6-7-12(15)16-3/h11,14H,4-10H2,1-3H3. The Bertz CT molecular complexity index is 181. The van der Waals surface area contributed by atoms with Crippen LogP contribution in [0.3, 0.4) is 0 Å². The van der Waals surface area contributed by atoms with Gasteiger partial charge in [0, 0.05) is 19.0 Å². The fourth-order valence-electron chi connectivity index (χ4n) is 1.94. The van der Waals surface area contributed by atoms with Gasteiger partial charge in [-0.15, -0.1) is 0 Å². The summed E-state index contributed by atoms with van der Waals surface area (Å²) in [5, 5.41) is 9.00. The zero-order chi connectivity index (χ0) is 12.4. The molecule has 0 atom stereocenters. The van der Waals surface area contributed by atoms with Crippen LogP contribution < -0.4 is 0 Å². The van der Waals surface area contributed by atoms with Crippen LogP contribution in [0.25, 0.3) is 0 Å². The van der Waals surface area contributed by atoms with Crippen LogP contribution in [0, 0.1) is 0 Å². The lowest BCUT2D eigenvalue weighted by Crippen LogP contribution is -2.37. The second-order valence-electron chi connectivity index (χ2n) is 3.91. The number of methoxy groups -OCH3 is 1. The van der Waals surface area contributed by atoms with Crippen molar-refractivity contribution >= 4 is 5.97 Å². The highest BCUT2D eigenvalue weighted by atomic mass is 16.5. The lowest BCUT2D eigenvalue weighted by molar-refractivity contribution is -0.140. The van der Waals surface area contributed by atoms with Gasteiger partial charge in [0.15, 0.2) is 0 Å². The summed E-state index contributed by atoms with van der Waals surface area (Å²) < 4.78 is 4.60. The second kappa shape index (κ2) is 9.60. The highest BCUT2D eigenvalue weighted by molar-refractivity contribution is 5.69. The third-order valence-corrected chi connectivity index (χ3v) is 2.90. The molecule has 96 valence electrons. The first-order chi connectivity index (χ1) is 7.69. The third-order valence-electron chi connectivity index (χ3n) is 2.90. The first-order valence-electron chi connectivity index (χ1n) is 6.11. The molecule has 4 nitrogen and oxygen atoms in total. The molecule has 0 aromatic rings. The van der Waals surface area contributed by atoms with Crippen molar-refractivity contribution in [3.05, 3.63) is 0 Å². The first-order valence-corrected chi connectivity index (χ1v) is 6.11. The Morgan fingerprint density at radius 2 is 1.94 bits per heavy atom. The van der Waals surface area contributed by atoms with Crippen molar-refractivity contribution in [2.45, 2.75) is 45.6 Å². The predicted molar refractivity (Wildman–Crippen MR) is 64.3 cm³/mol. The molecule has 0 aliphatic carbocycles. The van der Waals surface area contributed by atoms with E-state index in [0.29, 0.717) is 19.0 Å². The average Bonchev–Trinajstić information content (AvgIpc) is 2.30. The van der Waals surface area contributed by atoms with E-state index < -0.39 is 0 Å². The smallest absolute Gasteiger partial charge is 0.305 e. The lowest BCUT2D eigenvalue weighted by Gasteiger charge is -2.29. The van der Waals surface area contributed by atoms with E-state index in [0.717, 1.165) is 25.8 Å². The zero-order valence-electron chi connectivity index (χ0n) is 10.7. The summed E-state index contributed by atoms with van der Waals surface area (Å²) in [6.07, 6.45) is 3.41. The van der Waals surface area contributed by atoms with Crippen LogP contribution in [-0.2, 0) is 9.53 Å². The largest absolute Gasteiger partial charge is 0.469 e. The maximum Gasteiger partial charge on any atom is 0.305 e. The number of carbonyl (C=O) groups excluding carboxylic acids is 1. The van der Waals surface area contributed by atoms with Gasteiger partial charge in [-0.2, -0.15) is 0 Å². The minimum atomic E-state index is -0.159. The van der Waals surface area contributed by atoms with Gasteiger partial charge in [-0.3, -0.25) is 9.69 Å². The van der Waals surface area contributed by atoms with Crippen molar-refractivity contribution in [1.29, 1.82) is 0 Å². The molecule has 0 saturated heterocycles. The van der Waals surface area contributed by atoms with Gasteiger partial charge in [-0.25, -0.2) is 0 Å². The number of aliphatic hydroxyl groups is 1. The molecule has 0 aromatic carbocycles. The van der Waals surface area contributed by atoms with E-state index in [9.17, 15) is 4.79 Å². The van der Waals surface area contributed by atoms with Gasteiger partial charge in [-0.1, -0.05) is 13.8 Å². The van der Waals surface area contributed by atoms with Gasteiger partial charge in [0.1, 0.15) is 0 Å². The molecule has 0 amide bonds. The van der Waals surface area contributed by atoms with Gasteiger partial charge in [0.2, 0.25) is 0 Å². The molecule has 4 heteroatoms. The van der Waals surface area contributed by atoms with Crippen LogP contribution in [0.1, 0.15) is 39.5 Å². The average molecular weight is 231 g/mol. The number of rotatable bonds is 9. The molecule has 0 radical (unpaired) electrons. The number of hydrogen-bond acceptors (Lipinski definition) is 4. The zero-order valence-corrected chi connectivity index (χ0v) is 10.7. The Morgan fingerprint density at radius 1 is 1.31 bits per heavy atom. The van der Waals surface area contributed by atoms with E-state index in [-0.39, 0.29) is 12.6 Å². The number of ether oxygens (including phenoxy) is 1. The molecule has 0 unspecified atom stereocenters. The fraction of sp³-hybridized carbons (Fsp3) is 0.917. The minimum absolute atomic E-state index is 0.159. The molecular weight excluding hydrogens is 206 g/mol. The van der Waals surface area contributed by atoms with E-state index in [1.807, 2.05) is 0 Å². The summed E-state index contributed by atoms with van der Waals surface area (Å²) in [5.41, 5.74) is 0. The molecular formula is C12H25NO3. The van der Waals surface area contributed by atoms with Crippen LogP contribution in [-0.4, -0.2) is 48.8 Å². The molecule has 0 saturated carbocycles. The fourth-order valence-corrected chi connectivity index (χ4v) is 1.94. The monoisotopic (exact) mass is 231 g/mol.